The summed E-state index contributed by atoms with van der Waals surface area (Å²) in [4.78, 5) is 4.53. The van der Waals surface area contributed by atoms with Crippen molar-refractivity contribution in [3.8, 4) is 11.5 Å². The van der Waals surface area contributed by atoms with E-state index in [-0.39, 0.29) is 21.7 Å². The SMILES string of the molecule is Cc1ccccc1-c1nc(S(=O)(=O)c2ccccc2)c(Nc2ccccc2)o1. The molecule has 0 aliphatic carbocycles. The second-order valence-corrected chi connectivity index (χ2v) is 8.14. The maximum atomic E-state index is 13.2. The Balaban J connectivity index is 1.87. The number of sulfone groups is 1. The molecule has 28 heavy (non-hydrogen) atoms. The van der Waals surface area contributed by atoms with E-state index in [1.165, 1.54) is 0 Å². The fourth-order valence-electron chi connectivity index (χ4n) is 2.86. The van der Waals surface area contributed by atoms with Crippen LogP contribution >= 0.6 is 0 Å². The summed E-state index contributed by atoms with van der Waals surface area (Å²) >= 11 is 0. The Morgan fingerprint density at radius 3 is 2.11 bits per heavy atom. The quantitative estimate of drug-likeness (QED) is 0.505. The first-order valence-electron chi connectivity index (χ1n) is 8.75. The molecule has 3 aromatic carbocycles. The van der Waals surface area contributed by atoms with E-state index in [1.54, 1.807) is 30.3 Å². The molecule has 0 spiro atoms. The Kier molecular flexibility index (Phi) is 4.71. The van der Waals surface area contributed by atoms with Crippen LogP contribution in [-0.4, -0.2) is 13.4 Å². The van der Waals surface area contributed by atoms with E-state index >= 15 is 0 Å². The number of oxazole rings is 1. The van der Waals surface area contributed by atoms with E-state index in [9.17, 15) is 8.42 Å². The first kappa shape index (κ1) is 18.0. The van der Waals surface area contributed by atoms with Crippen molar-refractivity contribution >= 4 is 21.4 Å². The number of nitrogens with zero attached hydrogens (tertiary/aromatic N) is 1. The molecule has 0 saturated heterocycles. The molecule has 0 radical (unpaired) electrons. The molecule has 0 fully saturated rings. The minimum absolute atomic E-state index is 0.0910. The van der Waals surface area contributed by atoms with Crippen LogP contribution in [0, 0.1) is 6.92 Å². The monoisotopic (exact) mass is 390 g/mol. The molecule has 0 aliphatic heterocycles. The highest BCUT2D eigenvalue weighted by atomic mass is 32.2. The number of aryl methyl sites for hydroxylation is 1. The van der Waals surface area contributed by atoms with Gasteiger partial charge in [0, 0.05) is 11.3 Å². The first-order valence-corrected chi connectivity index (χ1v) is 10.2. The molecule has 6 heteroatoms. The van der Waals surface area contributed by atoms with Crippen LogP contribution in [0.5, 0.6) is 0 Å². The maximum absolute atomic E-state index is 13.2. The fraction of sp³-hybridized carbons (Fsp3) is 0.0455. The summed E-state index contributed by atoms with van der Waals surface area (Å²) in [6, 6.07) is 25.0. The van der Waals surface area contributed by atoms with Gasteiger partial charge in [-0.25, -0.2) is 8.42 Å². The Labute approximate surface area is 163 Å². The minimum atomic E-state index is -3.86. The third-order valence-electron chi connectivity index (χ3n) is 4.31. The van der Waals surface area contributed by atoms with Gasteiger partial charge in [0.15, 0.2) is 0 Å². The van der Waals surface area contributed by atoms with Crippen LogP contribution in [0.25, 0.3) is 11.5 Å². The van der Waals surface area contributed by atoms with Gasteiger partial charge >= 0.3 is 0 Å². The average Bonchev–Trinajstić information content (AvgIpc) is 3.14. The molecule has 4 aromatic rings. The van der Waals surface area contributed by atoms with E-state index in [4.69, 9.17) is 4.42 Å². The summed E-state index contributed by atoms with van der Waals surface area (Å²) in [6.07, 6.45) is 0. The smallest absolute Gasteiger partial charge is 0.238 e. The predicted octanol–water partition coefficient (Wildman–Crippen LogP) is 5.23. The van der Waals surface area contributed by atoms with Crippen LogP contribution in [0.15, 0.2) is 99.3 Å². The van der Waals surface area contributed by atoms with Gasteiger partial charge in [0.1, 0.15) is 0 Å². The number of para-hydroxylation sites is 1. The van der Waals surface area contributed by atoms with E-state index in [2.05, 4.69) is 10.3 Å². The summed E-state index contributed by atoms with van der Waals surface area (Å²) < 4.78 is 32.3. The molecule has 1 aromatic heterocycles. The lowest BCUT2D eigenvalue weighted by atomic mass is 10.1. The van der Waals surface area contributed by atoms with Gasteiger partial charge in [-0.05, 0) is 42.8 Å². The lowest BCUT2D eigenvalue weighted by molar-refractivity contribution is 0.581. The standard InChI is InChI=1S/C22H18N2O3S/c1-16-10-8-9-15-19(16)20-24-22(28(25,26)18-13-6-3-7-14-18)21(27-20)23-17-11-4-2-5-12-17/h2-15,23H,1H3. The molecule has 5 nitrogen and oxygen atoms in total. The lowest BCUT2D eigenvalue weighted by Crippen LogP contribution is -2.05. The van der Waals surface area contributed by atoms with E-state index in [0.717, 1.165) is 11.1 Å². The highest BCUT2D eigenvalue weighted by Gasteiger charge is 2.28. The number of benzene rings is 3. The Hall–Kier alpha value is -3.38. The van der Waals surface area contributed by atoms with Crippen LogP contribution in [-0.2, 0) is 9.84 Å². The molecule has 0 saturated carbocycles. The normalized spacial score (nSPS) is 11.3. The van der Waals surface area contributed by atoms with E-state index < -0.39 is 9.84 Å². The number of hydrogen-bond donors (Lipinski definition) is 1. The van der Waals surface area contributed by atoms with Gasteiger partial charge in [0.05, 0.1) is 4.90 Å². The van der Waals surface area contributed by atoms with Crippen molar-refractivity contribution < 1.29 is 12.8 Å². The number of anilines is 2. The minimum Gasteiger partial charge on any atom is -0.419 e. The molecule has 1 N–H and O–H groups in total. The molecule has 0 atom stereocenters. The van der Waals surface area contributed by atoms with Crippen molar-refractivity contribution in [1.82, 2.24) is 4.98 Å². The van der Waals surface area contributed by atoms with Crippen molar-refractivity contribution in [1.29, 1.82) is 0 Å². The Morgan fingerprint density at radius 1 is 0.821 bits per heavy atom. The van der Waals surface area contributed by atoms with Gasteiger partial charge in [-0.3, -0.25) is 0 Å². The molecule has 0 aliphatic rings. The summed E-state index contributed by atoms with van der Waals surface area (Å²) in [6.45, 7) is 1.93. The van der Waals surface area contributed by atoms with E-state index in [1.807, 2.05) is 61.5 Å². The van der Waals surface area contributed by atoms with Crippen LogP contribution < -0.4 is 5.32 Å². The van der Waals surface area contributed by atoms with Crippen LogP contribution in [0.1, 0.15) is 5.56 Å². The van der Waals surface area contributed by atoms with Crippen molar-refractivity contribution in [3.05, 3.63) is 90.5 Å². The van der Waals surface area contributed by atoms with Gasteiger partial charge in [-0.15, -0.1) is 0 Å². The fourth-order valence-corrected chi connectivity index (χ4v) is 4.14. The van der Waals surface area contributed by atoms with E-state index in [0.29, 0.717) is 5.69 Å². The van der Waals surface area contributed by atoms with Crippen molar-refractivity contribution in [2.75, 3.05) is 5.32 Å². The summed E-state index contributed by atoms with van der Waals surface area (Å²) in [5.41, 5.74) is 2.39. The molecule has 4 rings (SSSR count). The molecule has 0 unspecified atom stereocenters. The van der Waals surface area contributed by atoms with Crippen molar-refractivity contribution in [3.63, 3.8) is 0 Å². The first-order chi connectivity index (χ1) is 13.6. The lowest BCUT2D eigenvalue weighted by Gasteiger charge is -2.05. The molecule has 0 bridgehead atoms. The Morgan fingerprint density at radius 2 is 1.43 bits per heavy atom. The van der Waals surface area contributed by atoms with Gasteiger partial charge in [-0.2, -0.15) is 4.98 Å². The topological polar surface area (TPSA) is 72.2 Å². The summed E-state index contributed by atoms with van der Waals surface area (Å²) in [5, 5.41) is 2.91. The molecule has 0 amide bonds. The van der Waals surface area contributed by atoms with Crippen LogP contribution in [0.3, 0.4) is 0 Å². The molecule has 1 heterocycles. The molecular weight excluding hydrogens is 372 g/mol. The second kappa shape index (κ2) is 7.32. The summed E-state index contributed by atoms with van der Waals surface area (Å²) in [5.74, 6) is 0.347. The van der Waals surface area contributed by atoms with Crippen molar-refractivity contribution in [2.24, 2.45) is 0 Å². The highest BCUT2D eigenvalue weighted by Crippen LogP contribution is 2.34. The Bertz CT molecular complexity index is 1200. The van der Waals surface area contributed by atoms with Gasteiger partial charge in [0.25, 0.3) is 0 Å². The third kappa shape index (κ3) is 3.42. The van der Waals surface area contributed by atoms with Crippen molar-refractivity contribution in [2.45, 2.75) is 16.8 Å². The zero-order chi connectivity index (χ0) is 19.6. The maximum Gasteiger partial charge on any atom is 0.238 e. The predicted molar refractivity (Wildman–Crippen MR) is 108 cm³/mol. The number of hydrogen-bond acceptors (Lipinski definition) is 5. The largest absolute Gasteiger partial charge is 0.419 e. The average molecular weight is 390 g/mol. The molecular formula is C22H18N2O3S. The van der Waals surface area contributed by atoms with Gasteiger partial charge in [0.2, 0.25) is 26.6 Å². The second-order valence-electron chi connectivity index (χ2n) is 6.28. The van der Waals surface area contributed by atoms with Gasteiger partial charge in [-0.1, -0.05) is 54.6 Å². The zero-order valence-electron chi connectivity index (χ0n) is 15.2. The number of nitrogens with one attached hydrogen (secondary N) is 1. The number of aromatic nitrogens is 1. The highest BCUT2D eigenvalue weighted by molar-refractivity contribution is 7.91. The van der Waals surface area contributed by atoms with Crippen LogP contribution in [0.4, 0.5) is 11.6 Å². The number of rotatable bonds is 5. The zero-order valence-corrected chi connectivity index (χ0v) is 16.0. The van der Waals surface area contributed by atoms with Gasteiger partial charge < -0.3 is 9.73 Å². The third-order valence-corrected chi connectivity index (χ3v) is 5.99. The van der Waals surface area contributed by atoms with Crippen LogP contribution in [0.2, 0.25) is 0 Å². The summed E-state index contributed by atoms with van der Waals surface area (Å²) in [7, 11) is -3.86. The molecule has 140 valence electrons.